The molecule has 5 aliphatic rings. The molecule has 11 heteroatoms. The van der Waals surface area contributed by atoms with Gasteiger partial charge in [0, 0.05) is 73.8 Å². The zero-order valence-electron chi connectivity index (χ0n) is 28.5. The first-order valence-electron chi connectivity index (χ1n) is 17.6. The Bertz CT molecular complexity index is 1910. The SMILES string of the molecule is COc1ccc2c(c1)[C@@H]1C[C@]1(C(=O)N1CCC3CCC(C1)N3C)Cn1c-2c(C2CCCCC2)c2ccc(C(=O)NS(=O)(=O)N(C)C)cc21. The van der Waals surface area contributed by atoms with Gasteiger partial charge in [-0.2, -0.15) is 12.7 Å². The second-order valence-electron chi connectivity index (χ2n) is 15.1. The fourth-order valence-electron chi connectivity index (χ4n) is 9.50. The summed E-state index contributed by atoms with van der Waals surface area (Å²) < 4.78 is 36.5. The second kappa shape index (κ2) is 11.6. The average Bonchev–Trinajstić information content (AvgIpc) is 3.66. The van der Waals surface area contributed by atoms with Gasteiger partial charge in [-0.15, -0.1) is 0 Å². The standard InChI is InChI=1S/C37H47N5O5S/c1-39(2)48(45,46)38-35(43)24-10-14-29-32(18-24)42-22-37(36(44)41-17-16-25-11-12-26(21-41)40(25)3)20-31(37)30-19-27(47-4)13-15-28(30)34(42)33(29)23-8-6-5-7-9-23/h10,13-15,18-19,23,25-26,31H,5-9,11-12,16-17,20-22H2,1-4H3,(H,38,43)/t25?,26?,31-,37-/m0/s1. The normalized spacial score (nSPS) is 27.2. The minimum absolute atomic E-state index is 0.0686. The maximum Gasteiger partial charge on any atom is 0.303 e. The molecular weight excluding hydrogens is 627 g/mol. The smallest absolute Gasteiger partial charge is 0.303 e. The third-order valence-electron chi connectivity index (χ3n) is 12.3. The lowest BCUT2D eigenvalue weighted by Crippen LogP contribution is -2.44. The summed E-state index contributed by atoms with van der Waals surface area (Å²) in [6.45, 7) is 2.07. The molecule has 0 radical (unpaired) electrons. The molecular formula is C37H47N5O5S. The minimum Gasteiger partial charge on any atom is -0.497 e. The largest absolute Gasteiger partial charge is 0.497 e. The number of ether oxygens (including phenoxy) is 1. The Morgan fingerprint density at radius 3 is 2.50 bits per heavy atom. The number of likely N-dealkylation sites (tertiary alicyclic amines) is 1. The summed E-state index contributed by atoms with van der Waals surface area (Å²) in [4.78, 5) is 33.0. The highest BCUT2D eigenvalue weighted by molar-refractivity contribution is 7.87. The van der Waals surface area contributed by atoms with Crippen molar-refractivity contribution in [1.29, 1.82) is 0 Å². The van der Waals surface area contributed by atoms with Crippen LogP contribution in [0.3, 0.4) is 0 Å². The van der Waals surface area contributed by atoms with E-state index in [1.54, 1.807) is 13.2 Å². The van der Waals surface area contributed by atoms with Crippen LogP contribution < -0.4 is 9.46 Å². The molecule has 2 saturated heterocycles. The summed E-state index contributed by atoms with van der Waals surface area (Å²) in [6.07, 6.45) is 9.88. The summed E-state index contributed by atoms with van der Waals surface area (Å²) in [5.74, 6) is 0.791. The predicted molar refractivity (Wildman–Crippen MR) is 185 cm³/mol. The topological polar surface area (TPSA) is 104 Å². The van der Waals surface area contributed by atoms with Gasteiger partial charge < -0.3 is 14.2 Å². The van der Waals surface area contributed by atoms with Crippen molar-refractivity contribution in [2.24, 2.45) is 5.41 Å². The van der Waals surface area contributed by atoms with Crippen molar-refractivity contribution in [2.75, 3.05) is 41.3 Å². The molecule has 1 aromatic heterocycles. The second-order valence-corrected chi connectivity index (χ2v) is 17.0. The highest BCUT2D eigenvalue weighted by Gasteiger charge is 2.64. The molecule has 2 aromatic carbocycles. The van der Waals surface area contributed by atoms with Crippen molar-refractivity contribution in [1.82, 2.24) is 23.4 Å². The summed E-state index contributed by atoms with van der Waals surface area (Å²) in [5, 5.41) is 1.08. The van der Waals surface area contributed by atoms with Crippen LogP contribution in [0.15, 0.2) is 36.4 Å². The van der Waals surface area contributed by atoms with E-state index in [0.29, 0.717) is 24.5 Å². The highest BCUT2D eigenvalue weighted by atomic mass is 32.2. The van der Waals surface area contributed by atoms with Gasteiger partial charge in [0.15, 0.2) is 0 Å². The van der Waals surface area contributed by atoms with E-state index >= 15 is 0 Å². The van der Waals surface area contributed by atoms with E-state index < -0.39 is 21.5 Å². The van der Waals surface area contributed by atoms with Crippen LogP contribution in [-0.2, 0) is 21.5 Å². The molecule has 2 unspecified atom stereocenters. The molecule has 2 bridgehead atoms. The number of amides is 2. The molecule has 1 N–H and O–H groups in total. The lowest BCUT2D eigenvalue weighted by atomic mass is 9.81. The van der Waals surface area contributed by atoms with Crippen LogP contribution >= 0.6 is 0 Å². The van der Waals surface area contributed by atoms with E-state index in [1.165, 1.54) is 50.9 Å². The highest BCUT2D eigenvalue weighted by Crippen LogP contribution is 2.66. The molecule has 10 nitrogen and oxygen atoms in total. The Kier molecular flexibility index (Phi) is 7.69. The molecule has 3 aromatic rings. The average molecular weight is 674 g/mol. The van der Waals surface area contributed by atoms with Gasteiger partial charge in [-0.3, -0.25) is 14.5 Å². The molecule has 0 spiro atoms. The van der Waals surface area contributed by atoms with E-state index in [9.17, 15) is 18.0 Å². The third-order valence-corrected chi connectivity index (χ3v) is 13.8. The zero-order valence-corrected chi connectivity index (χ0v) is 29.3. The number of aromatic nitrogens is 1. The van der Waals surface area contributed by atoms with Crippen LogP contribution in [0.5, 0.6) is 5.75 Å². The summed E-state index contributed by atoms with van der Waals surface area (Å²) in [5.41, 5.74) is 5.31. The number of nitrogens with zero attached hydrogens (tertiary/aromatic N) is 4. The molecule has 3 aliphatic heterocycles. The molecule has 2 amide bonds. The summed E-state index contributed by atoms with van der Waals surface area (Å²) in [6, 6.07) is 12.9. The molecule has 2 saturated carbocycles. The van der Waals surface area contributed by atoms with E-state index in [4.69, 9.17) is 4.74 Å². The number of benzene rings is 2. The van der Waals surface area contributed by atoms with Crippen LogP contribution in [0.2, 0.25) is 0 Å². The molecule has 4 heterocycles. The third kappa shape index (κ3) is 4.98. The van der Waals surface area contributed by atoms with Gasteiger partial charge in [-0.25, -0.2) is 4.72 Å². The maximum absolute atomic E-state index is 14.9. The number of hydrogen-bond acceptors (Lipinski definition) is 6. The fourth-order valence-corrected chi connectivity index (χ4v) is 10.0. The number of hydrogen-bond donors (Lipinski definition) is 1. The lowest BCUT2D eigenvalue weighted by molar-refractivity contribution is -0.138. The maximum atomic E-state index is 14.9. The van der Waals surface area contributed by atoms with Crippen molar-refractivity contribution in [3.63, 3.8) is 0 Å². The summed E-state index contributed by atoms with van der Waals surface area (Å²) >= 11 is 0. The van der Waals surface area contributed by atoms with Gasteiger partial charge in [-0.1, -0.05) is 25.3 Å². The van der Waals surface area contributed by atoms with Crippen LogP contribution in [0.4, 0.5) is 0 Å². The van der Waals surface area contributed by atoms with Gasteiger partial charge >= 0.3 is 10.2 Å². The monoisotopic (exact) mass is 673 g/mol. The minimum atomic E-state index is -3.97. The first-order valence-corrected chi connectivity index (χ1v) is 19.1. The molecule has 2 aliphatic carbocycles. The number of rotatable bonds is 6. The van der Waals surface area contributed by atoms with E-state index in [1.807, 2.05) is 18.2 Å². The zero-order chi connectivity index (χ0) is 33.5. The Hall–Kier alpha value is -3.41. The van der Waals surface area contributed by atoms with Crippen LogP contribution in [0.1, 0.15) is 91.1 Å². The molecule has 4 atom stereocenters. The quantitative estimate of drug-likeness (QED) is 0.392. The lowest BCUT2D eigenvalue weighted by Gasteiger charge is -2.30. The van der Waals surface area contributed by atoms with E-state index in [2.05, 4.69) is 38.3 Å². The van der Waals surface area contributed by atoms with Gasteiger partial charge in [0.1, 0.15) is 5.75 Å². The Morgan fingerprint density at radius 1 is 0.979 bits per heavy atom. The Labute approximate surface area is 283 Å². The number of fused-ring (bicyclic) bond motifs is 9. The van der Waals surface area contributed by atoms with Crippen molar-refractivity contribution in [2.45, 2.75) is 88.3 Å². The van der Waals surface area contributed by atoms with Crippen molar-refractivity contribution in [3.05, 3.63) is 53.1 Å². The van der Waals surface area contributed by atoms with E-state index in [-0.39, 0.29) is 17.4 Å². The predicted octanol–water partition coefficient (Wildman–Crippen LogP) is 5.08. The van der Waals surface area contributed by atoms with Crippen LogP contribution in [-0.4, -0.2) is 92.3 Å². The van der Waals surface area contributed by atoms with Crippen molar-refractivity contribution >= 4 is 32.9 Å². The van der Waals surface area contributed by atoms with Crippen molar-refractivity contribution < 1.29 is 22.7 Å². The number of methoxy groups -OCH3 is 1. The number of carbonyl (C=O) groups is 2. The Balaban J connectivity index is 1.30. The number of likely N-dealkylation sites (N-methyl/N-ethyl adjacent to an activating group) is 1. The molecule has 48 heavy (non-hydrogen) atoms. The molecule has 256 valence electrons. The van der Waals surface area contributed by atoms with E-state index in [0.717, 1.165) is 77.4 Å². The van der Waals surface area contributed by atoms with Gasteiger partial charge in [0.2, 0.25) is 5.91 Å². The Morgan fingerprint density at radius 2 is 1.75 bits per heavy atom. The van der Waals surface area contributed by atoms with Gasteiger partial charge in [0.05, 0.1) is 18.2 Å². The first kappa shape index (κ1) is 31.8. The molecule has 8 rings (SSSR count). The number of nitrogens with one attached hydrogen (secondary N) is 1. The van der Waals surface area contributed by atoms with Gasteiger partial charge in [0.25, 0.3) is 5.91 Å². The molecule has 4 fully saturated rings. The number of carbonyl (C=O) groups excluding carboxylic acids is 2. The van der Waals surface area contributed by atoms with Crippen molar-refractivity contribution in [3.8, 4) is 17.0 Å². The van der Waals surface area contributed by atoms with Gasteiger partial charge in [-0.05, 0) is 92.9 Å². The fraction of sp³-hybridized carbons (Fsp3) is 0.568. The first-order chi connectivity index (χ1) is 23.0. The van der Waals surface area contributed by atoms with Crippen LogP contribution in [0, 0.1) is 5.41 Å². The summed E-state index contributed by atoms with van der Waals surface area (Å²) in [7, 11) is 2.73. The van der Waals surface area contributed by atoms with Crippen LogP contribution in [0.25, 0.3) is 22.2 Å².